The van der Waals surface area contributed by atoms with E-state index in [0.29, 0.717) is 12.2 Å². The molecule has 0 saturated carbocycles. The molecule has 0 aliphatic rings. The van der Waals surface area contributed by atoms with Crippen molar-refractivity contribution in [3.63, 3.8) is 0 Å². The van der Waals surface area contributed by atoms with Gasteiger partial charge in [-0.2, -0.15) is 5.10 Å². The minimum absolute atomic E-state index is 0.105. The van der Waals surface area contributed by atoms with Crippen molar-refractivity contribution in [2.24, 2.45) is 0 Å². The summed E-state index contributed by atoms with van der Waals surface area (Å²) in [7, 11) is 1.78. The molecular formula is C17H18BN5O. The van der Waals surface area contributed by atoms with Gasteiger partial charge in [0, 0.05) is 24.0 Å². The Labute approximate surface area is 141 Å². The number of rotatable bonds is 6. The van der Waals surface area contributed by atoms with Gasteiger partial charge in [-0.3, -0.25) is 14.9 Å². The first-order chi connectivity index (χ1) is 11.8. The van der Waals surface area contributed by atoms with Crippen molar-refractivity contribution < 1.29 is 4.79 Å². The summed E-state index contributed by atoms with van der Waals surface area (Å²) in [6, 6.07) is 15.1. The van der Waals surface area contributed by atoms with E-state index in [4.69, 9.17) is 0 Å². The van der Waals surface area contributed by atoms with E-state index in [0.717, 1.165) is 16.8 Å². The summed E-state index contributed by atoms with van der Waals surface area (Å²) in [4.78, 5) is 16.4. The molecule has 3 aromatic rings. The number of hydrogen-bond donors (Lipinski definition) is 3. The van der Waals surface area contributed by atoms with E-state index in [1.165, 1.54) is 0 Å². The van der Waals surface area contributed by atoms with Crippen molar-refractivity contribution >= 4 is 19.7 Å². The van der Waals surface area contributed by atoms with Crippen LogP contribution in [0.3, 0.4) is 0 Å². The maximum Gasteiger partial charge on any atom is 0.241 e. The van der Waals surface area contributed by atoms with Gasteiger partial charge in [-0.1, -0.05) is 30.3 Å². The maximum absolute atomic E-state index is 12.5. The molecule has 0 aliphatic carbocycles. The van der Waals surface area contributed by atoms with E-state index in [1.54, 1.807) is 20.4 Å². The van der Waals surface area contributed by atoms with Crippen molar-refractivity contribution in [2.75, 3.05) is 5.32 Å². The zero-order chi connectivity index (χ0) is 16.8. The summed E-state index contributed by atoms with van der Waals surface area (Å²) < 4.78 is 0. The normalized spacial score (nSPS) is 11.8. The molecule has 3 rings (SSSR count). The molecule has 2 heterocycles. The van der Waals surface area contributed by atoms with Crippen molar-refractivity contribution in [3.05, 3.63) is 66.5 Å². The van der Waals surface area contributed by atoms with Crippen molar-refractivity contribution in [2.45, 2.75) is 12.5 Å². The molecule has 0 fully saturated rings. The van der Waals surface area contributed by atoms with Crippen LogP contribution in [0.2, 0.25) is 0 Å². The standard InChI is InChI=1S/C17H18BN5O/c18-21-15(10-12-4-2-1-3-5-12)17(24)20-16-11-14(22-23-16)13-6-8-19-9-7-13/h1-9,11,15,21H,10,18H2,(H2,20,22,23,24)/t15-/m0/s1. The third kappa shape index (κ3) is 3.88. The van der Waals surface area contributed by atoms with Gasteiger partial charge in [-0.05, 0) is 24.1 Å². The van der Waals surface area contributed by atoms with Gasteiger partial charge in [0.2, 0.25) is 5.91 Å². The Morgan fingerprint density at radius 3 is 2.62 bits per heavy atom. The molecule has 1 aromatic carbocycles. The first-order valence-corrected chi connectivity index (χ1v) is 7.74. The molecule has 2 aromatic heterocycles. The van der Waals surface area contributed by atoms with Gasteiger partial charge in [0.25, 0.3) is 0 Å². The molecule has 3 N–H and O–H groups in total. The second-order valence-corrected chi connectivity index (χ2v) is 5.42. The maximum atomic E-state index is 12.5. The van der Waals surface area contributed by atoms with Gasteiger partial charge in [0.05, 0.1) is 11.7 Å². The number of aromatic nitrogens is 3. The highest BCUT2D eigenvalue weighted by Crippen LogP contribution is 2.18. The monoisotopic (exact) mass is 319 g/mol. The number of amides is 1. The first-order valence-electron chi connectivity index (χ1n) is 7.74. The zero-order valence-electron chi connectivity index (χ0n) is 13.4. The van der Waals surface area contributed by atoms with Crippen LogP contribution in [-0.4, -0.2) is 35.1 Å². The van der Waals surface area contributed by atoms with Gasteiger partial charge < -0.3 is 10.5 Å². The SMILES string of the molecule is BN[C@@H](Cc1ccccc1)C(=O)Nc1cc(-c2ccncc2)n[nH]1. The molecule has 6 nitrogen and oxygen atoms in total. The smallest absolute Gasteiger partial charge is 0.241 e. The number of H-pyrrole nitrogens is 1. The Kier molecular flexibility index (Phi) is 5.03. The molecule has 0 spiro atoms. The predicted molar refractivity (Wildman–Crippen MR) is 96.1 cm³/mol. The van der Waals surface area contributed by atoms with Crippen LogP contribution in [-0.2, 0) is 11.2 Å². The summed E-state index contributed by atoms with van der Waals surface area (Å²) in [6.07, 6.45) is 4.03. The van der Waals surface area contributed by atoms with Crippen LogP contribution in [0.15, 0.2) is 60.9 Å². The summed E-state index contributed by atoms with van der Waals surface area (Å²) >= 11 is 0. The second kappa shape index (κ2) is 7.56. The van der Waals surface area contributed by atoms with Crippen LogP contribution in [0.5, 0.6) is 0 Å². The largest absolute Gasteiger partial charge is 0.352 e. The minimum Gasteiger partial charge on any atom is -0.352 e. The third-order valence-corrected chi connectivity index (χ3v) is 3.76. The van der Waals surface area contributed by atoms with E-state index in [1.807, 2.05) is 48.5 Å². The summed E-state index contributed by atoms with van der Waals surface area (Å²) in [5.74, 6) is 0.464. The average Bonchev–Trinajstić information content (AvgIpc) is 3.09. The van der Waals surface area contributed by atoms with Crippen LogP contribution in [0.25, 0.3) is 11.3 Å². The van der Waals surface area contributed by atoms with E-state index in [9.17, 15) is 4.79 Å². The highest BCUT2D eigenvalue weighted by Gasteiger charge is 2.17. The Balaban J connectivity index is 1.66. The number of pyridine rings is 1. The van der Waals surface area contributed by atoms with Crippen molar-refractivity contribution in [3.8, 4) is 11.3 Å². The summed E-state index contributed by atoms with van der Waals surface area (Å²) in [6.45, 7) is 0. The lowest BCUT2D eigenvalue weighted by Gasteiger charge is -2.15. The molecule has 0 radical (unpaired) electrons. The van der Waals surface area contributed by atoms with Gasteiger partial charge in [-0.25, -0.2) is 0 Å². The highest BCUT2D eigenvalue weighted by molar-refractivity contribution is 6.08. The molecule has 1 atom stereocenters. The lowest BCUT2D eigenvalue weighted by Crippen LogP contribution is -2.40. The lowest BCUT2D eigenvalue weighted by atomic mass is 10.0. The number of carbonyl (C=O) groups is 1. The molecule has 0 bridgehead atoms. The Morgan fingerprint density at radius 1 is 1.17 bits per heavy atom. The van der Waals surface area contributed by atoms with Gasteiger partial charge >= 0.3 is 0 Å². The fourth-order valence-electron chi connectivity index (χ4n) is 2.45. The quantitative estimate of drug-likeness (QED) is 0.596. The van der Waals surface area contributed by atoms with Crippen LogP contribution >= 0.6 is 0 Å². The van der Waals surface area contributed by atoms with Crippen LogP contribution in [0, 0.1) is 0 Å². The number of aromatic amines is 1. The second-order valence-electron chi connectivity index (χ2n) is 5.42. The molecule has 0 aliphatic heterocycles. The van der Waals surface area contributed by atoms with Crippen molar-refractivity contribution in [1.29, 1.82) is 0 Å². The van der Waals surface area contributed by atoms with E-state index >= 15 is 0 Å². The summed E-state index contributed by atoms with van der Waals surface area (Å²) in [5, 5.41) is 13.0. The molecule has 7 heteroatoms. The summed E-state index contributed by atoms with van der Waals surface area (Å²) in [5.41, 5.74) is 2.81. The zero-order valence-corrected chi connectivity index (χ0v) is 13.4. The van der Waals surface area contributed by atoms with Crippen LogP contribution < -0.4 is 10.5 Å². The Bertz CT molecular complexity index is 791. The average molecular weight is 319 g/mol. The van der Waals surface area contributed by atoms with Gasteiger partial charge in [0.15, 0.2) is 7.98 Å². The highest BCUT2D eigenvalue weighted by atomic mass is 16.2. The van der Waals surface area contributed by atoms with Gasteiger partial charge in [0.1, 0.15) is 5.82 Å². The third-order valence-electron chi connectivity index (χ3n) is 3.76. The van der Waals surface area contributed by atoms with E-state index in [2.05, 4.69) is 25.7 Å². The fourth-order valence-corrected chi connectivity index (χ4v) is 2.45. The Hall–Kier alpha value is -2.93. The lowest BCUT2D eigenvalue weighted by molar-refractivity contribution is -0.117. The fraction of sp³-hybridized carbons (Fsp3) is 0.118. The number of nitrogens with one attached hydrogen (secondary N) is 3. The molecule has 24 heavy (non-hydrogen) atoms. The first kappa shape index (κ1) is 16.0. The number of anilines is 1. The molecule has 0 unspecified atom stereocenters. The van der Waals surface area contributed by atoms with E-state index < -0.39 is 0 Å². The molecule has 0 saturated heterocycles. The molecule has 1 amide bonds. The van der Waals surface area contributed by atoms with E-state index in [-0.39, 0.29) is 11.9 Å². The topological polar surface area (TPSA) is 82.7 Å². The van der Waals surface area contributed by atoms with Gasteiger partial charge in [-0.15, -0.1) is 0 Å². The molecule has 120 valence electrons. The number of benzene rings is 1. The van der Waals surface area contributed by atoms with Crippen LogP contribution in [0.1, 0.15) is 5.56 Å². The van der Waals surface area contributed by atoms with Crippen LogP contribution in [0.4, 0.5) is 5.82 Å². The number of hydrogen-bond acceptors (Lipinski definition) is 4. The number of nitrogens with zero attached hydrogens (tertiary/aromatic N) is 2. The Morgan fingerprint density at radius 2 is 1.92 bits per heavy atom. The van der Waals surface area contributed by atoms with Crippen molar-refractivity contribution in [1.82, 2.24) is 20.4 Å². The molecular weight excluding hydrogens is 301 g/mol. The predicted octanol–water partition coefficient (Wildman–Crippen LogP) is 1.16. The minimum atomic E-state index is -0.319. The number of carbonyl (C=O) groups excluding carboxylic acids is 1.